The summed E-state index contributed by atoms with van der Waals surface area (Å²) >= 11 is 0. The number of rotatable bonds is 3. The molecule has 4 rings (SSSR count). The zero-order chi connectivity index (χ0) is 18.1. The minimum Gasteiger partial charge on any atom is -0.351 e. The molecule has 1 aliphatic rings. The number of nitrogens with zero attached hydrogens (tertiary/aromatic N) is 7. The molecular weight excluding hydrogens is 337 g/mol. The van der Waals surface area contributed by atoms with Gasteiger partial charge in [0.1, 0.15) is 12.1 Å². The molecule has 0 unspecified atom stereocenters. The van der Waals surface area contributed by atoms with E-state index in [1.807, 2.05) is 6.92 Å². The molecule has 8 nitrogen and oxygen atoms in total. The molecular formula is C17H18FN7O. The van der Waals surface area contributed by atoms with Crippen molar-refractivity contribution in [2.24, 2.45) is 0 Å². The second kappa shape index (κ2) is 6.66. The summed E-state index contributed by atoms with van der Waals surface area (Å²) in [6.07, 6.45) is 1.51. The molecule has 1 aromatic carbocycles. The Labute approximate surface area is 149 Å². The first kappa shape index (κ1) is 16.4. The maximum atomic E-state index is 13.3. The molecule has 0 radical (unpaired) electrons. The first-order chi connectivity index (χ1) is 12.7. The maximum absolute atomic E-state index is 13.3. The van der Waals surface area contributed by atoms with Crippen LogP contribution in [0.25, 0.3) is 11.2 Å². The van der Waals surface area contributed by atoms with E-state index in [4.69, 9.17) is 0 Å². The van der Waals surface area contributed by atoms with Crippen molar-refractivity contribution in [3.8, 4) is 0 Å². The zero-order valence-corrected chi connectivity index (χ0v) is 14.3. The number of halogens is 1. The van der Waals surface area contributed by atoms with Gasteiger partial charge in [0.05, 0.1) is 0 Å². The molecule has 3 aromatic rings. The van der Waals surface area contributed by atoms with Crippen LogP contribution in [0, 0.1) is 5.82 Å². The quantitative estimate of drug-likeness (QED) is 0.705. The van der Waals surface area contributed by atoms with Crippen molar-refractivity contribution in [3.63, 3.8) is 0 Å². The van der Waals surface area contributed by atoms with Gasteiger partial charge in [-0.05, 0) is 25.1 Å². The van der Waals surface area contributed by atoms with Crippen LogP contribution in [0.1, 0.15) is 17.3 Å². The highest BCUT2D eigenvalue weighted by Gasteiger charge is 2.25. The van der Waals surface area contributed by atoms with Gasteiger partial charge in [-0.2, -0.15) is 0 Å². The molecule has 1 amide bonds. The van der Waals surface area contributed by atoms with Gasteiger partial charge < -0.3 is 9.80 Å². The van der Waals surface area contributed by atoms with E-state index in [1.165, 1.54) is 18.5 Å². The molecule has 0 N–H and O–H groups in total. The minimum atomic E-state index is -0.406. The first-order valence-corrected chi connectivity index (χ1v) is 8.51. The van der Waals surface area contributed by atoms with Gasteiger partial charge >= 0.3 is 0 Å². The standard InChI is InChI=1S/C17H18FN7O/c1-2-25-16-14(21-22-25)15(19-11-20-16)23-6-8-24(9-7-23)17(26)12-4-3-5-13(18)10-12/h3-5,10-11H,2,6-9H2,1H3. The van der Waals surface area contributed by atoms with E-state index in [0.29, 0.717) is 49.5 Å². The van der Waals surface area contributed by atoms with Gasteiger partial charge in [0.2, 0.25) is 0 Å². The molecule has 0 aliphatic carbocycles. The Morgan fingerprint density at radius 1 is 1.19 bits per heavy atom. The molecule has 1 saturated heterocycles. The predicted molar refractivity (Wildman–Crippen MR) is 93.3 cm³/mol. The number of carbonyl (C=O) groups is 1. The van der Waals surface area contributed by atoms with Crippen molar-refractivity contribution >= 4 is 22.9 Å². The third kappa shape index (κ3) is 2.85. The lowest BCUT2D eigenvalue weighted by Crippen LogP contribution is -2.49. The molecule has 0 bridgehead atoms. The van der Waals surface area contributed by atoms with Gasteiger partial charge in [0, 0.05) is 38.3 Å². The molecule has 3 heterocycles. The molecule has 1 aliphatic heterocycles. The molecule has 2 aromatic heterocycles. The number of hydrogen-bond acceptors (Lipinski definition) is 6. The van der Waals surface area contributed by atoms with E-state index >= 15 is 0 Å². The van der Waals surface area contributed by atoms with E-state index in [9.17, 15) is 9.18 Å². The number of carbonyl (C=O) groups excluding carboxylic acids is 1. The molecule has 0 atom stereocenters. The van der Waals surface area contributed by atoms with Crippen molar-refractivity contribution in [1.29, 1.82) is 0 Å². The fourth-order valence-electron chi connectivity index (χ4n) is 3.15. The van der Waals surface area contributed by atoms with Crippen molar-refractivity contribution < 1.29 is 9.18 Å². The Morgan fingerprint density at radius 3 is 2.73 bits per heavy atom. The zero-order valence-electron chi connectivity index (χ0n) is 14.3. The second-order valence-electron chi connectivity index (χ2n) is 6.06. The van der Waals surface area contributed by atoms with Crippen LogP contribution in [0.2, 0.25) is 0 Å². The third-order valence-corrected chi connectivity index (χ3v) is 4.52. The van der Waals surface area contributed by atoms with Crippen molar-refractivity contribution in [1.82, 2.24) is 29.9 Å². The van der Waals surface area contributed by atoms with Crippen LogP contribution in [0.3, 0.4) is 0 Å². The Kier molecular flexibility index (Phi) is 4.19. The van der Waals surface area contributed by atoms with Crippen LogP contribution in [0.15, 0.2) is 30.6 Å². The Morgan fingerprint density at radius 2 is 2.00 bits per heavy atom. The number of piperazine rings is 1. The average Bonchev–Trinajstić information content (AvgIpc) is 3.11. The summed E-state index contributed by atoms with van der Waals surface area (Å²) < 4.78 is 15.1. The Bertz CT molecular complexity index is 949. The topological polar surface area (TPSA) is 80.0 Å². The SMILES string of the molecule is CCn1nnc2c(N3CCN(C(=O)c4cccc(F)c4)CC3)ncnc21. The van der Waals surface area contributed by atoms with Gasteiger partial charge in [-0.1, -0.05) is 11.3 Å². The Hall–Kier alpha value is -3.10. The van der Waals surface area contributed by atoms with Crippen LogP contribution in [0.5, 0.6) is 0 Å². The molecule has 1 fully saturated rings. The van der Waals surface area contributed by atoms with Crippen LogP contribution in [-0.2, 0) is 6.54 Å². The van der Waals surface area contributed by atoms with Gasteiger partial charge in [-0.3, -0.25) is 4.79 Å². The first-order valence-electron chi connectivity index (χ1n) is 8.51. The lowest BCUT2D eigenvalue weighted by Gasteiger charge is -2.35. The number of amides is 1. The van der Waals surface area contributed by atoms with Gasteiger partial charge in [0.15, 0.2) is 17.0 Å². The fraction of sp³-hybridized carbons (Fsp3) is 0.353. The van der Waals surface area contributed by atoms with E-state index < -0.39 is 5.82 Å². The van der Waals surface area contributed by atoms with Gasteiger partial charge in [-0.25, -0.2) is 19.0 Å². The summed E-state index contributed by atoms with van der Waals surface area (Å²) in [6.45, 7) is 4.96. The summed E-state index contributed by atoms with van der Waals surface area (Å²) in [5.41, 5.74) is 1.74. The van der Waals surface area contributed by atoms with Crippen LogP contribution in [0.4, 0.5) is 10.2 Å². The highest BCUT2D eigenvalue weighted by atomic mass is 19.1. The van der Waals surface area contributed by atoms with Crippen molar-refractivity contribution in [2.45, 2.75) is 13.5 Å². The fourth-order valence-corrected chi connectivity index (χ4v) is 3.15. The number of aromatic nitrogens is 5. The predicted octanol–water partition coefficient (Wildman–Crippen LogP) is 1.34. The summed E-state index contributed by atoms with van der Waals surface area (Å²) in [6, 6.07) is 5.78. The molecule has 0 spiro atoms. The van der Waals surface area contributed by atoms with E-state index in [0.717, 1.165) is 5.82 Å². The molecule has 9 heteroatoms. The van der Waals surface area contributed by atoms with Crippen LogP contribution in [-0.4, -0.2) is 61.9 Å². The van der Waals surface area contributed by atoms with E-state index in [1.54, 1.807) is 21.7 Å². The molecule has 26 heavy (non-hydrogen) atoms. The largest absolute Gasteiger partial charge is 0.351 e. The minimum absolute atomic E-state index is 0.158. The normalized spacial score (nSPS) is 14.8. The smallest absolute Gasteiger partial charge is 0.254 e. The lowest BCUT2D eigenvalue weighted by molar-refractivity contribution is 0.0746. The number of aryl methyl sites for hydroxylation is 1. The number of fused-ring (bicyclic) bond motifs is 1. The number of anilines is 1. The van der Waals surface area contributed by atoms with Gasteiger partial charge in [0.25, 0.3) is 5.91 Å². The van der Waals surface area contributed by atoms with Crippen LogP contribution < -0.4 is 4.90 Å². The van der Waals surface area contributed by atoms with Crippen LogP contribution >= 0.6 is 0 Å². The van der Waals surface area contributed by atoms with E-state index in [2.05, 4.69) is 25.2 Å². The maximum Gasteiger partial charge on any atom is 0.254 e. The monoisotopic (exact) mass is 355 g/mol. The number of benzene rings is 1. The third-order valence-electron chi connectivity index (χ3n) is 4.52. The average molecular weight is 355 g/mol. The second-order valence-corrected chi connectivity index (χ2v) is 6.06. The Balaban J connectivity index is 1.50. The van der Waals surface area contributed by atoms with Crippen molar-refractivity contribution in [2.75, 3.05) is 31.1 Å². The highest BCUT2D eigenvalue weighted by Crippen LogP contribution is 2.22. The highest BCUT2D eigenvalue weighted by molar-refractivity contribution is 5.94. The summed E-state index contributed by atoms with van der Waals surface area (Å²) in [4.78, 5) is 25.0. The summed E-state index contributed by atoms with van der Waals surface area (Å²) in [5, 5.41) is 8.30. The number of hydrogen-bond donors (Lipinski definition) is 0. The van der Waals surface area contributed by atoms with E-state index in [-0.39, 0.29) is 5.91 Å². The van der Waals surface area contributed by atoms with Gasteiger partial charge in [-0.15, -0.1) is 5.10 Å². The van der Waals surface area contributed by atoms with Crippen molar-refractivity contribution in [3.05, 3.63) is 42.0 Å². The molecule has 0 saturated carbocycles. The molecule has 134 valence electrons. The summed E-state index contributed by atoms with van der Waals surface area (Å²) in [7, 11) is 0. The summed E-state index contributed by atoms with van der Waals surface area (Å²) in [5.74, 6) is 0.165. The lowest BCUT2D eigenvalue weighted by atomic mass is 10.1.